The van der Waals surface area contributed by atoms with E-state index >= 15 is 0 Å². The zero-order chi connectivity index (χ0) is 35.0. The molecule has 2 aromatic heterocycles. The van der Waals surface area contributed by atoms with Crippen molar-refractivity contribution < 1.29 is 4.74 Å². The minimum Gasteiger partial charge on any atom is -0.399 e. The summed E-state index contributed by atoms with van der Waals surface area (Å²) >= 11 is 5.88. The third-order valence-electron chi connectivity index (χ3n) is 5.77. The normalized spacial score (nSPS) is 12.1. The lowest BCUT2D eigenvalue weighted by atomic mass is 10.2. The highest BCUT2D eigenvalue weighted by Gasteiger charge is 2.17. The van der Waals surface area contributed by atoms with Gasteiger partial charge in [-0.05, 0) is 73.7 Å². The lowest BCUT2D eigenvalue weighted by Gasteiger charge is -2.24. The van der Waals surface area contributed by atoms with Crippen LogP contribution in [0.3, 0.4) is 0 Å². The van der Waals surface area contributed by atoms with Gasteiger partial charge in [-0.3, -0.25) is 0 Å². The highest BCUT2D eigenvalue weighted by molar-refractivity contribution is 9.09. The van der Waals surface area contributed by atoms with Crippen LogP contribution in [0.5, 0.6) is 0 Å². The van der Waals surface area contributed by atoms with Crippen molar-refractivity contribution in [2.24, 2.45) is 7.05 Å². The Morgan fingerprint density at radius 1 is 0.667 bits per heavy atom. The Bertz CT molecular complexity index is 1290. The van der Waals surface area contributed by atoms with Gasteiger partial charge in [-0.1, -0.05) is 130 Å². The SMILES string of the molecule is CBr.CBr.CC.CC.CC.CC.Cc1ccccc1N.Cn1cnc2ccccc21.c1ccc2c(c1)ncn2C1CCCCO1. The molecule has 6 rings (SSSR count). The second-order valence-electron chi connectivity index (χ2n) is 8.16. The van der Waals surface area contributed by atoms with Gasteiger partial charge in [0.1, 0.15) is 6.23 Å². The van der Waals surface area contributed by atoms with Crippen LogP contribution in [0.4, 0.5) is 5.69 Å². The van der Waals surface area contributed by atoms with Gasteiger partial charge < -0.3 is 19.6 Å². The smallest absolute Gasteiger partial charge is 0.135 e. The molecule has 0 spiro atoms. The monoisotopic (exact) mass is 749 g/mol. The van der Waals surface area contributed by atoms with Crippen LogP contribution in [-0.4, -0.2) is 37.4 Å². The summed E-state index contributed by atoms with van der Waals surface area (Å²) in [5, 5.41) is 0. The average molecular weight is 752 g/mol. The summed E-state index contributed by atoms with van der Waals surface area (Å²) in [7, 11) is 2.00. The summed E-state index contributed by atoms with van der Waals surface area (Å²) in [5.41, 5.74) is 12.0. The van der Waals surface area contributed by atoms with E-state index in [2.05, 4.69) is 58.5 Å². The number of nitrogens with zero attached hydrogens (tertiary/aromatic N) is 4. The number of benzene rings is 3. The first-order valence-corrected chi connectivity index (χ1v) is 19.3. The quantitative estimate of drug-likeness (QED) is 0.137. The number of fused-ring (bicyclic) bond motifs is 2. The lowest BCUT2D eigenvalue weighted by molar-refractivity contribution is -0.0295. The van der Waals surface area contributed by atoms with E-state index in [9.17, 15) is 0 Å². The molecule has 3 heterocycles. The molecular weight excluding hydrogens is 690 g/mol. The number of nitrogens with two attached hydrogens (primary N) is 1. The number of alkyl halides is 2. The van der Waals surface area contributed by atoms with Crippen molar-refractivity contribution in [1.82, 2.24) is 19.1 Å². The first-order chi connectivity index (χ1) is 22.1. The van der Waals surface area contributed by atoms with Crippen LogP contribution in [0, 0.1) is 6.92 Å². The minimum atomic E-state index is 0.186. The molecule has 0 bridgehead atoms. The number of para-hydroxylation sites is 5. The molecule has 0 radical (unpaired) electrons. The van der Waals surface area contributed by atoms with Crippen LogP contribution in [0.1, 0.15) is 86.4 Å². The molecule has 1 saturated heterocycles. The van der Waals surface area contributed by atoms with E-state index in [1.54, 1.807) is 0 Å². The summed E-state index contributed by atoms with van der Waals surface area (Å²) in [6, 6.07) is 24.1. The molecule has 2 N–H and O–H groups in total. The van der Waals surface area contributed by atoms with Crippen LogP contribution >= 0.6 is 31.9 Å². The van der Waals surface area contributed by atoms with Crippen LogP contribution in [-0.2, 0) is 11.8 Å². The number of hydrogen-bond acceptors (Lipinski definition) is 4. The molecule has 0 amide bonds. The van der Waals surface area contributed by atoms with Crippen LogP contribution in [0.15, 0.2) is 85.5 Å². The van der Waals surface area contributed by atoms with Crippen LogP contribution in [0.2, 0.25) is 0 Å². The Balaban J connectivity index is -0.000000519. The molecule has 1 atom stereocenters. The number of hydrogen-bond donors (Lipinski definition) is 1. The molecule has 254 valence electrons. The maximum absolute atomic E-state index is 5.75. The Morgan fingerprint density at radius 3 is 1.60 bits per heavy atom. The molecule has 0 saturated carbocycles. The van der Waals surface area contributed by atoms with Crippen molar-refractivity contribution in [3.05, 3.63) is 91.0 Å². The fraction of sp³-hybridized carbons (Fsp3) is 0.459. The zero-order valence-corrected chi connectivity index (χ0v) is 33.2. The van der Waals surface area contributed by atoms with Crippen molar-refractivity contribution in [2.45, 2.75) is 87.8 Å². The highest BCUT2D eigenvalue weighted by Crippen LogP contribution is 2.26. The van der Waals surface area contributed by atoms with Crippen molar-refractivity contribution in [3.8, 4) is 0 Å². The summed E-state index contributed by atoms with van der Waals surface area (Å²) in [6.07, 6.45) is 7.43. The van der Waals surface area contributed by atoms with E-state index in [-0.39, 0.29) is 6.23 Å². The van der Waals surface area contributed by atoms with Gasteiger partial charge in [-0.2, -0.15) is 0 Å². The summed E-state index contributed by atoms with van der Waals surface area (Å²) in [6.45, 7) is 18.9. The first-order valence-electron chi connectivity index (χ1n) is 16.1. The van der Waals surface area contributed by atoms with E-state index in [0.717, 1.165) is 35.3 Å². The predicted molar refractivity (Wildman–Crippen MR) is 210 cm³/mol. The van der Waals surface area contributed by atoms with E-state index < -0.39 is 0 Å². The fourth-order valence-corrected chi connectivity index (χ4v) is 3.82. The number of aromatic nitrogens is 4. The molecule has 45 heavy (non-hydrogen) atoms. The summed E-state index contributed by atoms with van der Waals surface area (Å²) in [4.78, 5) is 8.56. The van der Waals surface area contributed by atoms with Crippen molar-refractivity contribution in [2.75, 3.05) is 24.0 Å². The topological polar surface area (TPSA) is 70.9 Å². The molecular formula is C37H61Br2N5O. The van der Waals surface area contributed by atoms with E-state index in [4.69, 9.17) is 10.5 Å². The van der Waals surface area contributed by atoms with Crippen molar-refractivity contribution in [3.63, 3.8) is 0 Å². The molecule has 1 unspecified atom stereocenters. The number of aryl methyl sites for hydroxylation is 2. The standard InChI is InChI=1S/C12H14N2O.C8H8N2.C7H9N.4C2H6.2CH3Br/c1-2-6-11-10(5-1)13-9-14(11)12-7-3-4-8-15-12;1-10-6-9-7-4-2-3-5-8(7)10;1-6-4-2-3-5-7(6)8;6*1-2/h1-2,5-6,9,12H,3-4,7-8H2;2-6H,1H3;2-5H,8H2,1H3;4*1-2H3;2*1H3. The molecule has 1 aliphatic heterocycles. The average Bonchev–Trinajstić information content (AvgIpc) is 3.76. The van der Waals surface area contributed by atoms with Gasteiger partial charge in [0.05, 0.1) is 34.7 Å². The molecule has 1 fully saturated rings. The fourth-order valence-electron chi connectivity index (χ4n) is 3.82. The first kappa shape index (κ1) is 46.7. The minimum absolute atomic E-state index is 0.186. The van der Waals surface area contributed by atoms with E-state index in [1.807, 2.05) is 159 Å². The van der Waals surface area contributed by atoms with Gasteiger partial charge in [-0.25, -0.2) is 9.97 Å². The largest absolute Gasteiger partial charge is 0.399 e. The Hall–Kier alpha value is -2.68. The van der Waals surface area contributed by atoms with Gasteiger partial charge in [-0.15, -0.1) is 0 Å². The Kier molecular flexibility index (Phi) is 34.0. The number of anilines is 1. The van der Waals surface area contributed by atoms with Gasteiger partial charge >= 0.3 is 0 Å². The second-order valence-corrected chi connectivity index (χ2v) is 8.16. The molecule has 8 heteroatoms. The van der Waals surface area contributed by atoms with Crippen molar-refractivity contribution in [1.29, 1.82) is 0 Å². The molecule has 1 aliphatic rings. The lowest BCUT2D eigenvalue weighted by Crippen LogP contribution is -2.17. The van der Waals surface area contributed by atoms with Gasteiger partial charge in [0, 0.05) is 19.3 Å². The molecule has 5 aromatic rings. The molecule has 3 aromatic carbocycles. The maximum atomic E-state index is 5.75. The Morgan fingerprint density at radius 2 is 1.13 bits per heavy atom. The van der Waals surface area contributed by atoms with Crippen molar-refractivity contribution >= 4 is 59.6 Å². The van der Waals surface area contributed by atoms with E-state index in [1.165, 1.54) is 23.9 Å². The van der Waals surface area contributed by atoms with E-state index in [0.29, 0.717) is 0 Å². The number of halogens is 2. The van der Waals surface area contributed by atoms with Gasteiger partial charge in [0.25, 0.3) is 0 Å². The number of nitrogen functional groups attached to an aromatic ring is 1. The highest BCUT2D eigenvalue weighted by atomic mass is 79.9. The van der Waals surface area contributed by atoms with Crippen LogP contribution in [0.25, 0.3) is 22.1 Å². The number of imidazole rings is 2. The Labute approximate surface area is 292 Å². The third kappa shape index (κ3) is 17.6. The third-order valence-corrected chi connectivity index (χ3v) is 5.77. The van der Waals surface area contributed by atoms with Gasteiger partial charge in [0.15, 0.2) is 0 Å². The number of ether oxygens (including phenoxy) is 1. The number of rotatable bonds is 1. The summed E-state index contributed by atoms with van der Waals surface area (Å²) in [5.74, 6) is 3.62. The second kappa shape index (κ2) is 32.7. The molecule has 6 nitrogen and oxygen atoms in total. The predicted octanol–water partition coefficient (Wildman–Crippen LogP) is 12.0. The van der Waals surface area contributed by atoms with Gasteiger partial charge in [0.2, 0.25) is 0 Å². The van der Waals surface area contributed by atoms with Crippen LogP contribution < -0.4 is 5.73 Å². The summed E-state index contributed by atoms with van der Waals surface area (Å²) < 4.78 is 9.91. The zero-order valence-electron chi connectivity index (χ0n) is 30.0. The maximum Gasteiger partial charge on any atom is 0.135 e. The molecule has 0 aliphatic carbocycles.